The van der Waals surface area contributed by atoms with Crippen molar-refractivity contribution in [1.29, 1.82) is 0 Å². The van der Waals surface area contributed by atoms with E-state index in [-0.39, 0.29) is 23.4 Å². The van der Waals surface area contributed by atoms with Crippen molar-refractivity contribution >= 4 is 34.0 Å². The number of hydrogen-bond acceptors (Lipinski definition) is 7. The quantitative estimate of drug-likeness (QED) is 0.0984. The van der Waals surface area contributed by atoms with E-state index in [1.807, 2.05) is 31.3 Å². The molecule has 2 heterocycles. The van der Waals surface area contributed by atoms with Gasteiger partial charge in [0, 0.05) is 41.3 Å². The summed E-state index contributed by atoms with van der Waals surface area (Å²) in [7, 11) is 1.59. The summed E-state index contributed by atoms with van der Waals surface area (Å²) in [5.74, 6) is -0.626. The van der Waals surface area contributed by atoms with Gasteiger partial charge in [0.25, 0.3) is 17.4 Å². The molecule has 1 amide bonds. The molecule has 0 saturated carbocycles. The number of likely N-dealkylation sites (tertiary alicyclic amines) is 1. The molecule has 1 aliphatic rings. The van der Waals surface area contributed by atoms with Crippen LogP contribution in [0.1, 0.15) is 29.7 Å². The minimum atomic E-state index is -0.870. The molecule has 10 heteroatoms. The van der Waals surface area contributed by atoms with Crippen molar-refractivity contribution < 1.29 is 29.1 Å². The fraction of sp³-hybridized carbons (Fsp3) is 0.200. The third kappa shape index (κ3) is 4.86. The van der Waals surface area contributed by atoms with Crippen LogP contribution in [0.2, 0.25) is 0 Å². The summed E-state index contributed by atoms with van der Waals surface area (Å²) in [6.07, 6.45) is 2.30. The van der Waals surface area contributed by atoms with Crippen molar-refractivity contribution in [3.05, 3.63) is 105 Å². The molecule has 0 bridgehead atoms. The molecule has 1 aromatic heterocycles. The number of non-ortho nitro benzene ring substituents is 1. The van der Waals surface area contributed by atoms with Crippen molar-refractivity contribution in [3.8, 4) is 11.5 Å². The van der Waals surface area contributed by atoms with Crippen molar-refractivity contribution in [3.63, 3.8) is 0 Å². The minimum Gasteiger partial charge on any atom is -0.507 e. The van der Waals surface area contributed by atoms with Gasteiger partial charge in [-0.1, -0.05) is 12.1 Å². The van der Waals surface area contributed by atoms with E-state index in [2.05, 4.69) is 4.98 Å². The average Bonchev–Trinajstić information content (AvgIpc) is 3.49. The van der Waals surface area contributed by atoms with Gasteiger partial charge in [-0.15, -0.1) is 0 Å². The fourth-order valence-electron chi connectivity index (χ4n) is 5.00. The lowest BCUT2D eigenvalue weighted by atomic mass is 9.95. The van der Waals surface area contributed by atoms with Crippen molar-refractivity contribution in [2.24, 2.45) is 0 Å². The summed E-state index contributed by atoms with van der Waals surface area (Å²) in [5, 5.41) is 23.3. The summed E-state index contributed by atoms with van der Waals surface area (Å²) in [6, 6.07) is 17.0. The predicted molar refractivity (Wildman–Crippen MR) is 148 cm³/mol. The number of aromatic amines is 1. The van der Waals surface area contributed by atoms with Gasteiger partial charge in [0.15, 0.2) is 0 Å². The summed E-state index contributed by atoms with van der Waals surface area (Å²) >= 11 is 0. The second kappa shape index (κ2) is 10.9. The van der Waals surface area contributed by atoms with E-state index in [0.717, 1.165) is 16.5 Å². The Hall–Kier alpha value is -5.12. The van der Waals surface area contributed by atoms with Crippen LogP contribution in [-0.4, -0.2) is 51.9 Å². The van der Waals surface area contributed by atoms with Gasteiger partial charge in [0.2, 0.25) is 0 Å². The van der Waals surface area contributed by atoms with Crippen LogP contribution < -0.4 is 9.47 Å². The number of ketones is 1. The number of rotatable bonds is 9. The van der Waals surface area contributed by atoms with Gasteiger partial charge in [-0.25, -0.2) is 0 Å². The number of H-pyrrole nitrogens is 1. The largest absolute Gasteiger partial charge is 0.507 e. The number of nitro groups is 1. The number of nitro benzene ring substituents is 1. The number of nitrogens with one attached hydrogen (secondary N) is 1. The topological polar surface area (TPSA) is 135 Å². The Labute approximate surface area is 229 Å². The molecule has 1 aliphatic heterocycles. The van der Waals surface area contributed by atoms with Gasteiger partial charge in [-0.3, -0.25) is 19.7 Å². The predicted octanol–water partition coefficient (Wildman–Crippen LogP) is 5.15. The zero-order chi connectivity index (χ0) is 28.4. The molecule has 0 spiro atoms. The zero-order valence-electron chi connectivity index (χ0n) is 21.9. The van der Waals surface area contributed by atoms with Crippen molar-refractivity contribution in [2.75, 3.05) is 20.3 Å². The number of fused-ring (bicyclic) bond motifs is 1. The molecule has 2 N–H and O–H groups in total. The number of aliphatic hydroxyl groups excluding tert-OH is 1. The van der Waals surface area contributed by atoms with Gasteiger partial charge in [-0.05, 0) is 66.9 Å². The number of hydrogen-bond donors (Lipinski definition) is 2. The molecule has 3 aromatic carbocycles. The molecule has 10 nitrogen and oxygen atoms in total. The molecular formula is C30H27N3O7. The van der Waals surface area contributed by atoms with Crippen molar-refractivity contribution in [1.82, 2.24) is 9.88 Å². The highest BCUT2D eigenvalue weighted by Gasteiger charge is 2.46. The van der Waals surface area contributed by atoms with E-state index in [9.17, 15) is 24.8 Å². The van der Waals surface area contributed by atoms with Crippen LogP contribution in [0, 0.1) is 10.1 Å². The Balaban J connectivity index is 1.54. The molecule has 0 unspecified atom stereocenters. The Morgan fingerprint density at radius 1 is 1.05 bits per heavy atom. The second-order valence-electron chi connectivity index (χ2n) is 9.27. The SMILES string of the molecule is CCOc1ccc([C@@H]2C(=C(O)c3ccc([N+](=O)[O-])cc3)C(=O)C(=O)N2CCc2c[nH]c3ccc(OC)cc23)cc1. The lowest BCUT2D eigenvalue weighted by Crippen LogP contribution is -2.31. The highest BCUT2D eigenvalue weighted by atomic mass is 16.6. The lowest BCUT2D eigenvalue weighted by Gasteiger charge is -2.25. The van der Waals surface area contributed by atoms with Crippen LogP contribution in [0.25, 0.3) is 16.7 Å². The molecule has 0 radical (unpaired) electrons. The number of carbonyl (C=O) groups excluding carboxylic acids is 2. The Morgan fingerprint density at radius 3 is 2.40 bits per heavy atom. The third-order valence-corrected chi connectivity index (χ3v) is 6.99. The molecule has 1 fully saturated rings. The van der Waals surface area contributed by atoms with E-state index < -0.39 is 28.4 Å². The maximum absolute atomic E-state index is 13.4. The van der Waals surface area contributed by atoms with E-state index in [1.54, 1.807) is 31.4 Å². The Morgan fingerprint density at radius 2 is 1.75 bits per heavy atom. The van der Waals surface area contributed by atoms with Gasteiger partial charge >= 0.3 is 0 Å². The first-order valence-electron chi connectivity index (χ1n) is 12.7. The summed E-state index contributed by atoms with van der Waals surface area (Å²) in [5.41, 5.74) is 2.43. The number of ether oxygens (including phenoxy) is 2. The molecule has 204 valence electrons. The third-order valence-electron chi connectivity index (χ3n) is 6.99. The van der Waals surface area contributed by atoms with E-state index in [0.29, 0.717) is 30.1 Å². The maximum Gasteiger partial charge on any atom is 0.295 e. The number of aromatic nitrogens is 1. The monoisotopic (exact) mass is 541 g/mol. The smallest absolute Gasteiger partial charge is 0.295 e. The number of nitrogens with zero attached hydrogens (tertiary/aromatic N) is 2. The van der Waals surface area contributed by atoms with E-state index in [4.69, 9.17) is 9.47 Å². The first-order chi connectivity index (χ1) is 19.3. The van der Waals surface area contributed by atoms with Gasteiger partial charge in [-0.2, -0.15) is 0 Å². The highest BCUT2D eigenvalue weighted by Crippen LogP contribution is 2.40. The fourth-order valence-corrected chi connectivity index (χ4v) is 5.00. The standard InChI is InChI=1S/C30H27N3O7/c1-3-40-22-10-6-18(7-11-22)27-26(28(34)19-4-8-21(9-5-19)33(37)38)29(35)30(36)32(27)15-14-20-17-31-25-13-12-23(39-2)16-24(20)25/h4-13,16-17,27,31,34H,3,14-15H2,1-2H3/t27-/m1/s1. The normalized spacial score (nSPS) is 16.4. The zero-order valence-corrected chi connectivity index (χ0v) is 21.9. The number of aliphatic hydroxyl groups is 1. The molecule has 5 rings (SSSR count). The second-order valence-corrected chi connectivity index (χ2v) is 9.27. The molecule has 40 heavy (non-hydrogen) atoms. The van der Waals surface area contributed by atoms with Crippen LogP contribution in [0.3, 0.4) is 0 Å². The summed E-state index contributed by atoms with van der Waals surface area (Å²) < 4.78 is 10.9. The number of methoxy groups -OCH3 is 1. The van der Waals surface area contributed by atoms with Gasteiger partial charge in [0.05, 0.1) is 30.3 Å². The number of benzene rings is 3. The van der Waals surface area contributed by atoms with E-state index >= 15 is 0 Å². The van der Waals surface area contributed by atoms with E-state index in [1.165, 1.54) is 29.2 Å². The number of carbonyl (C=O) groups is 2. The van der Waals surface area contributed by atoms with Crippen LogP contribution in [0.5, 0.6) is 11.5 Å². The Kier molecular flexibility index (Phi) is 7.24. The molecule has 4 aromatic rings. The Bertz CT molecular complexity index is 1620. The van der Waals surface area contributed by atoms with Gasteiger partial charge < -0.3 is 24.5 Å². The molecule has 1 saturated heterocycles. The average molecular weight is 542 g/mol. The highest BCUT2D eigenvalue weighted by molar-refractivity contribution is 6.46. The molecule has 1 atom stereocenters. The first kappa shape index (κ1) is 26.5. The maximum atomic E-state index is 13.4. The van der Waals surface area contributed by atoms with Crippen LogP contribution >= 0.6 is 0 Å². The lowest BCUT2D eigenvalue weighted by molar-refractivity contribution is -0.384. The van der Waals surface area contributed by atoms with Crippen molar-refractivity contribution in [2.45, 2.75) is 19.4 Å². The number of Topliss-reactive ketones (excluding diaryl/α,β-unsaturated/α-hetero) is 1. The minimum absolute atomic E-state index is 0.0800. The number of amides is 1. The molecule has 0 aliphatic carbocycles. The van der Waals surface area contributed by atoms with Crippen LogP contribution in [-0.2, 0) is 16.0 Å². The first-order valence-corrected chi connectivity index (χ1v) is 12.7. The van der Waals surface area contributed by atoms with Crippen LogP contribution in [0.4, 0.5) is 5.69 Å². The van der Waals surface area contributed by atoms with Gasteiger partial charge in [0.1, 0.15) is 17.3 Å². The van der Waals surface area contributed by atoms with Crippen LogP contribution in [0.15, 0.2) is 78.5 Å². The summed E-state index contributed by atoms with van der Waals surface area (Å²) in [4.78, 5) is 41.9. The molecular weight excluding hydrogens is 514 g/mol. The summed E-state index contributed by atoms with van der Waals surface area (Å²) in [6.45, 7) is 2.55.